The zero-order valence-electron chi connectivity index (χ0n) is 12.2. The smallest absolute Gasteiger partial charge is 0.196 e. The number of hydrogen-bond donors (Lipinski definition) is 1. The summed E-state index contributed by atoms with van der Waals surface area (Å²) in [5, 5.41) is 3.13. The Kier molecular flexibility index (Phi) is 6.13. The Labute approximate surface area is 115 Å². The maximum Gasteiger partial charge on any atom is 0.196 e. The van der Waals surface area contributed by atoms with E-state index in [0.717, 1.165) is 24.2 Å². The van der Waals surface area contributed by atoms with Gasteiger partial charge in [-0.2, -0.15) is 0 Å². The van der Waals surface area contributed by atoms with E-state index in [9.17, 15) is 4.79 Å². The van der Waals surface area contributed by atoms with Crippen molar-refractivity contribution < 1.29 is 9.53 Å². The number of carbonyl (C=O) groups is 1. The van der Waals surface area contributed by atoms with Crippen molar-refractivity contribution in [3.63, 3.8) is 0 Å². The average molecular weight is 261 g/mol. The summed E-state index contributed by atoms with van der Waals surface area (Å²) in [6.45, 7) is 8.71. The number of ketones is 1. The summed E-state index contributed by atoms with van der Waals surface area (Å²) in [5.41, 5.74) is 3.18. The minimum Gasteiger partial charge on any atom is -0.483 e. The molecule has 0 aliphatic heterocycles. The molecular formula is C16H23NO2. The molecule has 0 radical (unpaired) electrons. The van der Waals surface area contributed by atoms with Crippen molar-refractivity contribution in [2.45, 2.75) is 40.7 Å². The van der Waals surface area contributed by atoms with Crippen LogP contribution in [0.3, 0.4) is 0 Å². The number of allylic oxidation sites excluding steroid dienone is 2. The van der Waals surface area contributed by atoms with Crippen LogP contribution in [0, 0.1) is 0 Å². The van der Waals surface area contributed by atoms with Gasteiger partial charge in [-0.3, -0.25) is 4.79 Å². The second-order valence-corrected chi connectivity index (χ2v) is 4.45. The van der Waals surface area contributed by atoms with Gasteiger partial charge in [0.25, 0.3) is 0 Å². The summed E-state index contributed by atoms with van der Waals surface area (Å²) in [7, 11) is 0. The molecule has 0 unspecified atom stereocenters. The molecule has 19 heavy (non-hydrogen) atoms. The lowest BCUT2D eigenvalue weighted by Gasteiger charge is -2.14. The first-order valence-electron chi connectivity index (χ1n) is 6.75. The minimum absolute atomic E-state index is 0.0487. The highest BCUT2D eigenvalue weighted by Crippen LogP contribution is 2.14. The summed E-state index contributed by atoms with van der Waals surface area (Å²) in [6.07, 6.45) is 0.963. The maximum atomic E-state index is 11.6. The topological polar surface area (TPSA) is 38.3 Å². The van der Waals surface area contributed by atoms with E-state index in [-0.39, 0.29) is 5.78 Å². The normalized spacial score (nSPS) is 11.8. The fourth-order valence-electron chi connectivity index (χ4n) is 2.01. The molecule has 0 aliphatic rings. The lowest BCUT2D eigenvalue weighted by Crippen LogP contribution is -2.17. The van der Waals surface area contributed by atoms with Crippen LogP contribution in [0.25, 0.3) is 0 Å². The monoisotopic (exact) mass is 261 g/mol. The van der Waals surface area contributed by atoms with Crippen LogP contribution >= 0.6 is 0 Å². The number of hydrogen-bond acceptors (Lipinski definition) is 3. The van der Waals surface area contributed by atoms with Gasteiger partial charge in [0.15, 0.2) is 11.5 Å². The van der Waals surface area contributed by atoms with E-state index in [1.165, 1.54) is 12.5 Å². The van der Waals surface area contributed by atoms with Crippen molar-refractivity contribution in [3.8, 4) is 0 Å². The van der Waals surface area contributed by atoms with Gasteiger partial charge >= 0.3 is 0 Å². The summed E-state index contributed by atoms with van der Waals surface area (Å²) in [6, 6.07) is 8.15. The van der Waals surface area contributed by atoms with Gasteiger partial charge < -0.3 is 10.1 Å². The average Bonchev–Trinajstić information content (AvgIpc) is 2.39. The lowest BCUT2D eigenvalue weighted by atomic mass is 10.1. The molecule has 0 bridgehead atoms. The third kappa shape index (κ3) is 4.43. The number of nitrogens with one attached hydrogen (secondary N) is 1. The number of benzene rings is 1. The van der Waals surface area contributed by atoms with Gasteiger partial charge in [0.1, 0.15) is 6.61 Å². The number of Topliss-reactive ketones (excluding diaryl/α,β-unsaturated/α-hetero) is 1. The summed E-state index contributed by atoms with van der Waals surface area (Å²) in [4.78, 5) is 11.6. The van der Waals surface area contributed by atoms with Gasteiger partial charge in [-0.1, -0.05) is 31.2 Å². The zero-order valence-corrected chi connectivity index (χ0v) is 12.2. The number of ether oxygens (including phenoxy) is 1. The van der Waals surface area contributed by atoms with Crippen molar-refractivity contribution in [2.75, 3.05) is 6.54 Å². The van der Waals surface area contributed by atoms with E-state index in [1.807, 2.05) is 32.0 Å². The molecule has 0 fully saturated rings. The van der Waals surface area contributed by atoms with Gasteiger partial charge in [-0.25, -0.2) is 0 Å². The van der Waals surface area contributed by atoms with Gasteiger partial charge in [0, 0.05) is 13.5 Å². The van der Waals surface area contributed by atoms with E-state index >= 15 is 0 Å². The predicted octanol–water partition coefficient (Wildman–Crippen LogP) is 3.20. The van der Waals surface area contributed by atoms with Crippen LogP contribution in [0.4, 0.5) is 0 Å². The Morgan fingerprint density at radius 1 is 1.16 bits per heavy atom. The highest BCUT2D eigenvalue weighted by Gasteiger charge is 2.11. The second-order valence-electron chi connectivity index (χ2n) is 4.45. The summed E-state index contributed by atoms with van der Waals surface area (Å²) >= 11 is 0. The van der Waals surface area contributed by atoms with Crippen LogP contribution in [0.2, 0.25) is 0 Å². The van der Waals surface area contributed by atoms with E-state index in [4.69, 9.17) is 4.74 Å². The van der Waals surface area contributed by atoms with Gasteiger partial charge in [0.2, 0.25) is 0 Å². The van der Waals surface area contributed by atoms with Gasteiger partial charge in [-0.15, -0.1) is 0 Å². The Morgan fingerprint density at radius 2 is 1.79 bits per heavy atom. The third-order valence-electron chi connectivity index (χ3n) is 2.97. The molecule has 3 heteroatoms. The van der Waals surface area contributed by atoms with E-state index in [2.05, 4.69) is 18.3 Å². The molecule has 104 valence electrons. The molecule has 1 aromatic rings. The molecule has 0 saturated carbocycles. The number of rotatable bonds is 7. The number of aryl methyl sites for hydroxylation is 1. The molecule has 3 nitrogen and oxygen atoms in total. The predicted molar refractivity (Wildman–Crippen MR) is 77.7 cm³/mol. The Bertz CT molecular complexity index is 464. The standard InChI is InChI=1S/C16H23NO2/c1-5-14-9-7-8-10-15(14)11-19-16(13(4)18)12(3)17-6-2/h7-10,17H,5-6,11H2,1-4H3/b16-12-. The molecule has 1 aromatic carbocycles. The minimum atomic E-state index is -0.0487. The van der Waals surface area contributed by atoms with Crippen LogP contribution in [0.15, 0.2) is 35.7 Å². The van der Waals surface area contributed by atoms with Crippen molar-refractivity contribution in [3.05, 3.63) is 46.8 Å². The fraction of sp³-hybridized carbons (Fsp3) is 0.438. The lowest BCUT2D eigenvalue weighted by molar-refractivity contribution is -0.117. The highest BCUT2D eigenvalue weighted by atomic mass is 16.5. The fourth-order valence-corrected chi connectivity index (χ4v) is 2.01. The van der Waals surface area contributed by atoms with Crippen LogP contribution in [-0.2, 0) is 22.6 Å². The van der Waals surface area contributed by atoms with E-state index < -0.39 is 0 Å². The van der Waals surface area contributed by atoms with Crippen LogP contribution in [0.1, 0.15) is 38.8 Å². The van der Waals surface area contributed by atoms with E-state index in [0.29, 0.717) is 12.4 Å². The molecule has 0 atom stereocenters. The first kappa shape index (κ1) is 15.3. The molecule has 0 aliphatic carbocycles. The first-order chi connectivity index (χ1) is 9.10. The summed E-state index contributed by atoms with van der Waals surface area (Å²) < 4.78 is 5.71. The molecule has 0 spiro atoms. The molecule has 1 rings (SSSR count). The van der Waals surface area contributed by atoms with Gasteiger partial charge in [0.05, 0.1) is 5.70 Å². The Balaban J connectivity index is 2.83. The summed E-state index contributed by atoms with van der Waals surface area (Å²) in [5.74, 6) is 0.375. The quantitative estimate of drug-likeness (QED) is 0.605. The molecule has 0 saturated heterocycles. The van der Waals surface area contributed by atoms with Crippen LogP contribution in [-0.4, -0.2) is 12.3 Å². The molecule has 0 amide bonds. The highest BCUT2D eigenvalue weighted by molar-refractivity contribution is 5.91. The van der Waals surface area contributed by atoms with Crippen molar-refractivity contribution >= 4 is 5.78 Å². The van der Waals surface area contributed by atoms with Crippen LogP contribution < -0.4 is 5.32 Å². The third-order valence-corrected chi connectivity index (χ3v) is 2.97. The van der Waals surface area contributed by atoms with Crippen molar-refractivity contribution in [1.29, 1.82) is 0 Å². The largest absolute Gasteiger partial charge is 0.483 e. The first-order valence-corrected chi connectivity index (χ1v) is 6.75. The van der Waals surface area contributed by atoms with Crippen molar-refractivity contribution in [2.24, 2.45) is 0 Å². The number of carbonyl (C=O) groups excluding carboxylic acids is 1. The molecule has 0 aromatic heterocycles. The Morgan fingerprint density at radius 3 is 2.32 bits per heavy atom. The van der Waals surface area contributed by atoms with Crippen LogP contribution in [0.5, 0.6) is 0 Å². The SMILES string of the molecule is CCN/C(C)=C(\OCc1ccccc1CC)C(C)=O. The molecular weight excluding hydrogens is 238 g/mol. The Hall–Kier alpha value is -1.77. The van der Waals surface area contributed by atoms with Crippen molar-refractivity contribution in [1.82, 2.24) is 5.32 Å². The maximum absolute atomic E-state index is 11.6. The molecule has 0 heterocycles. The molecule has 1 N–H and O–H groups in total. The second kappa shape index (κ2) is 7.62. The van der Waals surface area contributed by atoms with Gasteiger partial charge in [-0.05, 0) is 31.4 Å². The van der Waals surface area contributed by atoms with E-state index in [1.54, 1.807) is 0 Å². The zero-order chi connectivity index (χ0) is 14.3.